The second kappa shape index (κ2) is 7.09. The van der Waals surface area contributed by atoms with Crippen LogP contribution in [-0.4, -0.2) is 46.0 Å². The van der Waals surface area contributed by atoms with Gasteiger partial charge in [-0.2, -0.15) is 4.31 Å². The monoisotopic (exact) mass is 384 g/mol. The summed E-state index contributed by atoms with van der Waals surface area (Å²) in [7, 11) is -0.0216. The van der Waals surface area contributed by atoms with E-state index in [0.29, 0.717) is 23.3 Å². The maximum atomic E-state index is 12.5. The highest BCUT2D eigenvalue weighted by molar-refractivity contribution is 9.10. The third kappa shape index (κ3) is 3.46. The summed E-state index contributed by atoms with van der Waals surface area (Å²) in [4.78, 5) is 0.289. The Hall–Kier alpha value is -0.340. The minimum Gasteiger partial charge on any atom is -0.496 e. The van der Waals surface area contributed by atoms with Crippen LogP contribution in [-0.2, 0) is 10.0 Å². The van der Waals surface area contributed by atoms with E-state index in [2.05, 4.69) is 21.2 Å². The van der Waals surface area contributed by atoms with Crippen LogP contribution in [0.15, 0.2) is 27.6 Å². The predicted octanol–water partition coefficient (Wildman–Crippen LogP) is 1.86. The summed E-state index contributed by atoms with van der Waals surface area (Å²) in [5, 5.41) is 3.11. The summed E-state index contributed by atoms with van der Waals surface area (Å²) in [6.45, 7) is 1.07. The van der Waals surface area contributed by atoms with E-state index in [1.165, 1.54) is 4.31 Å². The van der Waals surface area contributed by atoms with Gasteiger partial charge in [0.05, 0.1) is 16.5 Å². The van der Waals surface area contributed by atoms with Crippen molar-refractivity contribution >= 4 is 38.4 Å². The number of hydrogen-bond acceptors (Lipinski definition) is 4. The lowest BCUT2D eigenvalue weighted by Gasteiger charge is -2.17. The Bertz CT molecular complexity index is 568. The standard InChI is InChI=1S/C12H17BrN2O3S.ClH/c1-14-9-5-6-15(8-9)19(16,17)10-3-4-12(18-2)11(13)7-10;/h3-4,7,9,14H,5-6,8H2,1-2H3;1H. The molecule has 1 fully saturated rings. The zero-order chi connectivity index (χ0) is 14.0. The minimum absolute atomic E-state index is 0. The second-order valence-electron chi connectivity index (χ2n) is 4.43. The number of nitrogens with zero attached hydrogens (tertiary/aromatic N) is 1. The Morgan fingerprint density at radius 3 is 2.65 bits per heavy atom. The van der Waals surface area contributed by atoms with Crippen molar-refractivity contribution in [3.63, 3.8) is 0 Å². The van der Waals surface area contributed by atoms with Crippen molar-refractivity contribution in [2.75, 3.05) is 27.2 Å². The Morgan fingerprint density at radius 1 is 1.45 bits per heavy atom. The Labute approximate surface area is 134 Å². The molecule has 0 aliphatic carbocycles. The number of hydrogen-bond donors (Lipinski definition) is 1. The second-order valence-corrected chi connectivity index (χ2v) is 7.23. The summed E-state index contributed by atoms with van der Waals surface area (Å²) in [6.07, 6.45) is 0.840. The molecule has 1 saturated heterocycles. The molecule has 8 heteroatoms. The Kier molecular flexibility index (Phi) is 6.27. The number of nitrogens with one attached hydrogen (secondary N) is 1. The third-order valence-corrected chi connectivity index (χ3v) is 5.80. The van der Waals surface area contributed by atoms with Gasteiger partial charge in [-0.15, -0.1) is 12.4 Å². The molecule has 1 aromatic rings. The molecule has 0 bridgehead atoms. The number of halogens is 2. The smallest absolute Gasteiger partial charge is 0.243 e. The van der Waals surface area contributed by atoms with Crippen molar-refractivity contribution in [3.05, 3.63) is 22.7 Å². The number of methoxy groups -OCH3 is 1. The van der Waals surface area contributed by atoms with E-state index >= 15 is 0 Å². The lowest BCUT2D eigenvalue weighted by molar-refractivity contribution is 0.411. The molecule has 1 aliphatic rings. The first-order chi connectivity index (χ1) is 8.98. The summed E-state index contributed by atoms with van der Waals surface area (Å²) >= 11 is 3.31. The van der Waals surface area contributed by atoms with Crippen LogP contribution in [0.1, 0.15) is 6.42 Å². The summed E-state index contributed by atoms with van der Waals surface area (Å²) in [6, 6.07) is 5.05. The molecule has 0 amide bonds. The number of ether oxygens (including phenoxy) is 1. The van der Waals surface area contributed by atoms with Crippen LogP contribution in [0.4, 0.5) is 0 Å². The highest BCUT2D eigenvalue weighted by atomic mass is 79.9. The van der Waals surface area contributed by atoms with E-state index in [9.17, 15) is 8.42 Å². The normalized spacial score (nSPS) is 19.6. The molecule has 1 atom stereocenters. The number of benzene rings is 1. The van der Waals surface area contributed by atoms with Crippen molar-refractivity contribution in [2.45, 2.75) is 17.4 Å². The molecule has 114 valence electrons. The average Bonchev–Trinajstić information content (AvgIpc) is 2.88. The average molecular weight is 386 g/mol. The lowest BCUT2D eigenvalue weighted by atomic mass is 10.3. The van der Waals surface area contributed by atoms with Gasteiger partial charge in [0.1, 0.15) is 5.75 Å². The van der Waals surface area contributed by atoms with Crippen LogP contribution in [0.5, 0.6) is 5.75 Å². The van der Waals surface area contributed by atoms with E-state index in [0.717, 1.165) is 6.42 Å². The van der Waals surface area contributed by atoms with Gasteiger partial charge in [0.25, 0.3) is 0 Å². The van der Waals surface area contributed by atoms with Gasteiger partial charge in [0.15, 0.2) is 0 Å². The SMILES string of the molecule is CNC1CCN(S(=O)(=O)c2ccc(OC)c(Br)c2)C1.Cl. The number of sulfonamides is 1. The van der Waals surface area contributed by atoms with Gasteiger partial charge in [-0.25, -0.2) is 8.42 Å². The topological polar surface area (TPSA) is 58.6 Å². The zero-order valence-corrected chi connectivity index (χ0v) is 14.5. The highest BCUT2D eigenvalue weighted by Gasteiger charge is 2.32. The lowest BCUT2D eigenvalue weighted by Crippen LogP contribution is -2.33. The molecule has 1 aromatic carbocycles. The largest absolute Gasteiger partial charge is 0.496 e. The van der Waals surface area contributed by atoms with Crippen LogP contribution in [0.2, 0.25) is 0 Å². The molecule has 0 radical (unpaired) electrons. The molecule has 0 saturated carbocycles. The van der Waals surface area contributed by atoms with Crippen LogP contribution in [0.25, 0.3) is 0 Å². The van der Waals surface area contributed by atoms with Gasteiger partial charge in [-0.1, -0.05) is 0 Å². The van der Waals surface area contributed by atoms with Gasteiger partial charge in [-0.05, 0) is 47.6 Å². The fourth-order valence-electron chi connectivity index (χ4n) is 2.14. The number of rotatable bonds is 4. The van der Waals surface area contributed by atoms with Gasteiger partial charge in [-0.3, -0.25) is 0 Å². The maximum Gasteiger partial charge on any atom is 0.243 e. The molecular weight excluding hydrogens is 368 g/mol. The molecule has 2 rings (SSSR count). The fraction of sp³-hybridized carbons (Fsp3) is 0.500. The Morgan fingerprint density at radius 2 is 2.15 bits per heavy atom. The van der Waals surface area contributed by atoms with Gasteiger partial charge < -0.3 is 10.1 Å². The molecule has 1 heterocycles. The van der Waals surface area contributed by atoms with Crippen LogP contribution >= 0.6 is 28.3 Å². The molecular formula is C12H18BrClN2O3S. The van der Waals surface area contributed by atoms with Crippen LogP contribution < -0.4 is 10.1 Å². The molecule has 1 aliphatic heterocycles. The first kappa shape index (κ1) is 17.7. The van der Waals surface area contributed by atoms with Crippen molar-refractivity contribution in [3.8, 4) is 5.75 Å². The maximum absolute atomic E-state index is 12.5. The van der Waals surface area contributed by atoms with Crippen molar-refractivity contribution in [1.82, 2.24) is 9.62 Å². The van der Waals surface area contributed by atoms with E-state index in [-0.39, 0.29) is 23.3 Å². The quantitative estimate of drug-likeness (QED) is 0.859. The van der Waals surface area contributed by atoms with Crippen LogP contribution in [0.3, 0.4) is 0 Å². The summed E-state index contributed by atoms with van der Waals surface area (Å²) < 4.78 is 32.2. The number of likely N-dealkylation sites (N-methyl/N-ethyl adjacent to an activating group) is 1. The zero-order valence-electron chi connectivity index (χ0n) is 11.3. The van der Waals surface area contributed by atoms with Crippen LogP contribution in [0, 0.1) is 0 Å². The fourth-order valence-corrected chi connectivity index (χ4v) is 4.36. The molecule has 1 N–H and O–H groups in total. The molecule has 0 spiro atoms. The first-order valence-electron chi connectivity index (χ1n) is 6.00. The van der Waals surface area contributed by atoms with Gasteiger partial charge in [0, 0.05) is 19.1 Å². The molecule has 0 aromatic heterocycles. The van der Waals surface area contributed by atoms with Crippen molar-refractivity contribution < 1.29 is 13.2 Å². The minimum atomic E-state index is -3.42. The van der Waals surface area contributed by atoms with Gasteiger partial charge in [0.2, 0.25) is 10.0 Å². The van der Waals surface area contributed by atoms with E-state index < -0.39 is 10.0 Å². The van der Waals surface area contributed by atoms with E-state index in [4.69, 9.17) is 4.74 Å². The highest BCUT2D eigenvalue weighted by Crippen LogP contribution is 2.29. The van der Waals surface area contributed by atoms with E-state index in [1.54, 1.807) is 25.3 Å². The van der Waals surface area contributed by atoms with Gasteiger partial charge >= 0.3 is 0 Å². The molecule has 20 heavy (non-hydrogen) atoms. The first-order valence-corrected chi connectivity index (χ1v) is 8.23. The predicted molar refractivity (Wildman–Crippen MR) is 84.2 cm³/mol. The molecule has 1 unspecified atom stereocenters. The van der Waals surface area contributed by atoms with Crippen molar-refractivity contribution in [1.29, 1.82) is 0 Å². The third-order valence-electron chi connectivity index (χ3n) is 3.32. The summed E-state index contributed by atoms with van der Waals surface area (Å²) in [5.74, 6) is 0.619. The Balaban J connectivity index is 0.00000200. The molecule has 5 nitrogen and oxygen atoms in total. The van der Waals surface area contributed by atoms with E-state index in [1.807, 2.05) is 7.05 Å². The van der Waals surface area contributed by atoms with Crippen molar-refractivity contribution in [2.24, 2.45) is 0 Å². The summed E-state index contributed by atoms with van der Waals surface area (Å²) in [5.41, 5.74) is 0.